The molecule has 1 aliphatic rings. The molecule has 21 heteroatoms. The highest BCUT2D eigenvalue weighted by Gasteiger charge is 2.86. The lowest BCUT2D eigenvalue weighted by Gasteiger charge is -2.32. The monoisotopic (exact) mass is 659 g/mol. The van der Waals surface area contributed by atoms with Crippen molar-refractivity contribution in [1.29, 1.82) is 0 Å². The van der Waals surface area contributed by atoms with Crippen LogP contribution in [0.3, 0.4) is 0 Å². The molecule has 0 amide bonds. The lowest BCUT2D eigenvalue weighted by Crippen LogP contribution is -2.63. The van der Waals surface area contributed by atoms with Crippen LogP contribution in [0.15, 0.2) is 47.6 Å². The van der Waals surface area contributed by atoms with E-state index in [0.29, 0.717) is 23.3 Å². The van der Waals surface area contributed by atoms with E-state index < -0.39 is 62.7 Å². The van der Waals surface area contributed by atoms with Crippen LogP contribution >= 0.6 is 0 Å². The molecule has 234 valence electrons. The summed E-state index contributed by atoms with van der Waals surface area (Å²) in [5.74, 6) is -29.8. The number of benzene rings is 2. The van der Waals surface area contributed by atoms with Gasteiger partial charge in [0.05, 0.1) is 0 Å². The zero-order valence-corrected chi connectivity index (χ0v) is 20.2. The Morgan fingerprint density at radius 3 is 1.67 bits per heavy atom. The van der Waals surface area contributed by atoms with E-state index in [1.54, 1.807) is 5.16 Å². The van der Waals surface area contributed by atoms with Crippen LogP contribution < -0.4 is 0 Å². The van der Waals surface area contributed by atoms with E-state index in [4.69, 9.17) is 0 Å². The minimum atomic E-state index is -8.07. The fraction of sp³-hybridized carbons (Fsp3) is 0.381. The third-order valence-corrected chi connectivity index (χ3v) is 6.93. The number of alkyl halides is 16. The van der Waals surface area contributed by atoms with Gasteiger partial charge in [-0.15, -0.1) is 0 Å². The summed E-state index contributed by atoms with van der Waals surface area (Å²) in [6, 6.07) is 7.37. The first kappa shape index (κ1) is 33.2. The third kappa shape index (κ3) is 4.81. The van der Waals surface area contributed by atoms with Crippen LogP contribution in [0.25, 0.3) is 11.1 Å². The van der Waals surface area contributed by atoms with Gasteiger partial charge in [0.25, 0.3) is 0 Å². The second-order valence-corrected chi connectivity index (χ2v) is 10.1. The Morgan fingerprint density at radius 1 is 0.643 bits per heavy atom. The molecule has 0 bridgehead atoms. The predicted octanol–water partition coefficient (Wildman–Crippen LogP) is 7.57. The van der Waals surface area contributed by atoms with Crippen LogP contribution in [0.1, 0.15) is 16.7 Å². The van der Waals surface area contributed by atoms with Gasteiger partial charge >= 0.3 is 51.4 Å². The van der Waals surface area contributed by atoms with Crippen LogP contribution in [0.2, 0.25) is 0 Å². The average Bonchev–Trinajstić information content (AvgIpc) is 3.20. The molecule has 0 N–H and O–H groups in total. The summed E-state index contributed by atoms with van der Waals surface area (Å²) < 4.78 is 239. The Labute approximate surface area is 222 Å². The molecule has 0 radical (unpaired) electrons. The Hall–Kier alpha value is -3.26. The maximum absolute atomic E-state index is 14.6. The van der Waals surface area contributed by atoms with E-state index in [9.17, 15) is 78.7 Å². The first-order valence-corrected chi connectivity index (χ1v) is 11.8. The second kappa shape index (κ2) is 9.63. The van der Waals surface area contributed by atoms with Gasteiger partial charge in [0, 0.05) is 5.56 Å². The average molecular weight is 659 g/mol. The van der Waals surface area contributed by atoms with Crippen molar-refractivity contribution in [2.24, 2.45) is 5.16 Å². The van der Waals surface area contributed by atoms with Crippen LogP contribution in [0.5, 0.6) is 0 Å². The van der Waals surface area contributed by atoms with Gasteiger partial charge < -0.3 is 0 Å². The molecule has 1 aliphatic carbocycles. The molecule has 4 nitrogen and oxygen atoms in total. The maximum Gasteiger partial charge on any atom is 0.460 e. The van der Waals surface area contributed by atoms with E-state index in [1.807, 2.05) is 0 Å². The number of halogens is 16. The molecule has 0 saturated heterocycles. The predicted molar refractivity (Wildman–Crippen MR) is 108 cm³/mol. The van der Waals surface area contributed by atoms with Crippen molar-refractivity contribution in [3.8, 4) is 11.1 Å². The number of rotatable bonds is 8. The Kier molecular flexibility index (Phi) is 7.62. The molecule has 0 aromatic heterocycles. The van der Waals surface area contributed by atoms with Gasteiger partial charge in [-0.2, -0.15) is 78.7 Å². The molecule has 2 aromatic rings. The third-order valence-electron chi connectivity index (χ3n) is 5.77. The van der Waals surface area contributed by atoms with Crippen molar-refractivity contribution >= 4 is 15.8 Å². The summed E-state index contributed by atoms with van der Waals surface area (Å²) in [6.45, 7) is 0. The van der Waals surface area contributed by atoms with Gasteiger partial charge in [-0.1, -0.05) is 41.6 Å². The molecule has 3 rings (SSSR count). The van der Waals surface area contributed by atoms with Gasteiger partial charge in [-0.3, -0.25) is 4.28 Å². The standard InChI is InChI=1S/C21H9F16NO3S/c22-15(23,16(24,25)19(30,31)32)14(10-5-6-13-11(8-10)7-9-3-1-2-4-12(9)13)38-41-42(39,40)21(36,37)18(28,29)17(26,27)20(33,34)35/h1-6,8H,7H2/b38-14-. The minimum Gasteiger partial charge on any atom is -0.263 e. The number of hydrogen-bond donors (Lipinski definition) is 0. The van der Waals surface area contributed by atoms with Crippen molar-refractivity contribution < 1.29 is 82.9 Å². The number of oxime groups is 1. The van der Waals surface area contributed by atoms with Crippen LogP contribution in [0, 0.1) is 0 Å². The first-order valence-electron chi connectivity index (χ1n) is 10.4. The Balaban J connectivity index is 2.19. The highest BCUT2D eigenvalue weighted by Crippen LogP contribution is 2.55. The molecule has 2 aromatic carbocycles. The quantitative estimate of drug-likeness (QED) is 0.143. The molecule has 0 unspecified atom stereocenters. The smallest absolute Gasteiger partial charge is 0.263 e. The van der Waals surface area contributed by atoms with Crippen molar-refractivity contribution in [3.05, 3.63) is 59.2 Å². The second-order valence-electron chi connectivity index (χ2n) is 8.48. The topological polar surface area (TPSA) is 55.7 Å². The molecule has 0 atom stereocenters. The summed E-state index contributed by atoms with van der Waals surface area (Å²) in [5.41, 5.74) is -3.86. The molecule has 0 saturated carbocycles. The highest BCUT2D eigenvalue weighted by atomic mass is 32.2. The van der Waals surface area contributed by atoms with Gasteiger partial charge in [0.15, 0.2) is 5.71 Å². The van der Waals surface area contributed by atoms with Crippen LogP contribution in [-0.2, 0) is 20.8 Å². The van der Waals surface area contributed by atoms with Crippen molar-refractivity contribution in [3.63, 3.8) is 0 Å². The SMILES string of the molecule is O=S(=O)(O/N=C(/c1ccc2c(c1)Cc1ccccc1-2)C(F)(F)C(F)(F)C(F)(F)F)C(F)(F)C(F)(F)C(F)(F)C(F)(F)F. The van der Waals surface area contributed by atoms with Gasteiger partial charge in [0.2, 0.25) is 0 Å². The lowest BCUT2D eigenvalue weighted by atomic mass is 9.95. The van der Waals surface area contributed by atoms with Gasteiger partial charge in [-0.05, 0) is 34.7 Å². The van der Waals surface area contributed by atoms with Crippen LogP contribution in [-0.4, -0.2) is 55.4 Å². The molecular weight excluding hydrogens is 650 g/mol. The summed E-state index contributed by atoms with van der Waals surface area (Å²) >= 11 is 0. The van der Waals surface area contributed by atoms with E-state index >= 15 is 0 Å². The molecule has 0 spiro atoms. The Morgan fingerprint density at radius 2 is 1.14 bits per heavy atom. The molecular formula is C21H9F16NO3S. The maximum atomic E-state index is 14.6. The molecule has 0 aliphatic heterocycles. The molecule has 0 heterocycles. The van der Waals surface area contributed by atoms with Crippen LogP contribution in [0.4, 0.5) is 70.2 Å². The van der Waals surface area contributed by atoms with Gasteiger partial charge in [-0.25, -0.2) is 0 Å². The molecule has 0 fully saturated rings. The summed E-state index contributed by atoms with van der Waals surface area (Å²) in [5, 5.41) is -6.11. The molecule has 42 heavy (non-hydrogen) atoms. The van der Waals surface area contributed by atoms with Gasteiger partial charge in [0.1, 0.15) is 0 Å². The minimum absolute atomic E-state index is 0.128. The fourth-order valence-electron chi connectivity index (χ4n) is 3.56. The van der Waals surface area contributed by atoms with E-state index in [-0.39, 0.29) is 17.5 Å². The van der Waals surface area contributed by atoms with E-state index in [0.717, 1.165) is 6.07 Å². The first-order chi connectivity index (χ1) is 18.6. The number of nitrogens with zero attached hydrogens (tertiary/aromatic N) is 1. The van der Waals surface area contributed by atoms with Crippen molar-refractivity contribution in [2.45, 2.75) is 47.7 Å². The summed E-state index contributed by atoms with van der Waals surface area (Å²) in [4.78, 5) is 0. The highest BCUT2D eigenvalue weighted by molar-refractivity contribution is 7.87. The summed E-state index contributed by atoms with van der Waals surface area (Å²) in [7, 11) is -8.07. The number of fused-ring (bicyclic) bond motifs is 3. The Bertz CT molecular complexity index is 1510. The largest absolute Gasteiger partial charge is 0.460 e. The lowest BCUT2D eigenvalue weighted by molar-refractivity contribution is -0.382. The van der Waals surface area contributed by atoms with E-state index in [1.165, 1.54) is 24.3 Å². The fourth-order valence-corrected chi connectivity index (χ4v) is 4.27. The zero-order valence-electron chi connectivity index (χ0n) is 19.4. The van der Waals surface area contributed by atoms with Crippen molar-refractivity contribution in [2.75, 3.05) is 0 Å². The number of hydrogen-bond acceptors (Lipinski definition) is 4. The van der Waals surface area contributed by atoms with Crippen molar-refractivity contribution in [1.82, 2.24) is 0 Å². The zero-order chi connectivity index (χ0) is 32.5. The normalized spacial score (nSPS) is 15.9. The summed E-state index contributed by atoms with van der Waals surface area (Å²) in [6.07, 6.45) is -14.9. The van der Waals surface area contributed by atoms with E-state index in [2.05, 4.69) is 4.28 Å².